The second kappa shape index (κ2) is 9.43. The van der Waals surface area contributed by atoms with E-state index >= 15 is 0 Å². The van der Waals surface area contributed by atoms with Crippen LogP contribution in [-0.4, -0.2) is 56.0 Å². The standard InChI is InChI=1S/C18H25N3O2S.HI/c1-4-19-17(20-12-8-11-16-9-6-5-7-10-16)21-13-14-24(22,23)18(2,3)15-21;/h5-7,9-10H,4,12-15H2,1-3H3,(H,19,20);1H. The summed E-state index contributed by atoms with van der Waals surface area (Å²) in [5.74, 6) is 7.00. The Morgan fingerprint density at radius 2 is 2.00 bits per heavy atom. The van der Waals surface area contributed by atoms with Crippen molar-refractivity contribution in [1.29, 1.82) is 0 Å². The van der Waals surface area contributed by atoms with Gasteiger partial charge >= 0.3 is 0 Å². The fraction of sp³-hybridized carbons (Fsp3) is 0.500. The zero-order chi connectivity index (χ0) is 17.6. The molecule has 1 aromatic rings. The monoisotopic (exact) mass is 475 g/mol. The maximum Gasteiger partial charge on any atom is 0.194 e. The molecule has 5 nitrogen and oxygen atoms in total. The molecule has 1 saturated heterocycles. The molecule has 0 unspecified atom stereocenters. The summed E-state index contributed by atoms with van der Waals surface area (Å²) in [5, 5.41) is 3.23. The van der Waals surface area contributed by atoms with E-state index in [1.165, 1.54) is 0 Å². The molecule has 1 heterocycles. The van der Waals surface area contributed by atoms with E-state index in [-0.39, 0.29) is 29.7 Å². The molecular weight excluding hydrogens is 449 g/mol. The van der Waals surface area contributed by atoms with Crippen molar-refractivity contribution >= 4 is 39.8 Å². The minimum Gasteiger partial charge on any atom is -0.356 e. The van der Waals surface area contributed by atoms with Gasteiger partial charge in [0, 0.05) is 25.2 Å². The summed E-state index contributed by atoms with van der Waals surface area (Å²) < 4.78 is 23.5. The molecule has 1 aromatic carbocycles. The van der Waals surface area contributed by atoms with Gasteiger partial charge in [-0.1, -0.05) is 30.0 Å². The number of hydrogen-bond donors (Lipinski definition) is 1. The van der Waals surface area contributed by atoms with Gasteiger partial charge < -0.3 is 10.2 Å². The van der Waals surface area contributed by atoms with Crippen molar-refractivity contribution in [3.8, 4) is 11.8 Å². The molecule has 0 saturated carbocycles. The number of halogens is 1. The highest BCUT2D eigenvalue weighted by atomic mass is 127. The van der Waals surface area contributed by atoms with Gasteiger partial charge in [0.05, 0.1) is 10.5 Å². The molecule has 1 N–H and O–H groups in total. The third-order valence-electron chi connectivity index (χ3n) is 3.99. The highest BCUT2D eigenvalue weighted by molar-refractivity contribution is 14.0. The number of nitrogens with zero attached hydrogens (tertiary/aromatic N) is 2. The first-order valence-electron chi connectivity index (χ1n) is 8.15. The number of aliphatic imine (C=N–C) groups is 1. The van der Waals surface area contributed by atoms with E-state index in [2.05, 4.69) is 22.2 Å². The summed E-state index contributed by atoms with van der Waals surface area (Å²) in [6, 6.07) is 9.78. The van der Waals surface area contributed by atoms with Gasteiger partial charge in [0.25, 0.3) is 0 Å². The van der Waals surface area contributed by atoms with E-state index in [4.69, 9.17) is 0 Å². The summed E-state index contributed by atoms with van der Waals surface area (Å²) >= 11 is 0. The summed E-state index contributed by atoms with van der Waals surface area (Å²) in [7, 11) is -3.06. The molecule has 25 heavy (non-hydrogen) atoms. The molecule has 2 rings (SSSR count). The van der Waals surface area contributed by atoms with Crippen LogP contribution in [0.5, 0.6) is 0 Å². The summed E-state index contributed by atoms with van der Waals surface area (Å²) in [6.07, 6.45) is 0. The second-order valence-electron chi connectivity index (χ2n) is 6.34. The first-order chi connectivity index (χ1) is 11.4. The van der Waals surface area contributed by atoms with Gasteiger partial charge in [-0.15, -0.1) is 24.0 Å². The van der Waals surface area contributed by atoms with E-state index in [0.29, 0.717) is 19.6 Å². The van der Waals surface area contributed by atoms with Crippen molar-refractivity contribution in [3.63, 3.8) is 0 Å². The largest absolute Gasteiger partial charge is 0.356 e. The molecule has 0 atom stereocenters. The Morgan fingerprint density at radius 3 is 2.60 bits per heavy atom. The number of rotatable bonds is 2. The van der Waals surface area contributed by atoms with Gasteiger partial charge in [0.2, 0.25) is 0 Å². The first-order valence-corrected chi connectivity index (χ1v) is 9.80. The molecule has 0 radical (unpaired) electrons. The normalized spacial score (nSPS) is 18.5. The average molecular weight is 475 g/mol. The van der Waals surface area contributed by atoms with Crippen molar-refractivity contribution in [2.75, 3.05) is 31.9 Å². The second-order valence-corrected chi connectivity index (χ2v) is 9.08. The van der Waals surface area contributed by atoms with E-state index < -0.39 is 14.6 Å². The van der Waals surface area contributed by atoms with Crippen LogP contribution in [0.3, 0.4) is 0 Å². The number of sulfone groups is 1. The van der Waals surface area contributed by atoms with Crippen molar-refractivity contribution in [1.82, 2.24) is 10.2 Å². The minimum atomic E-state index is -3.06. The molecule has 0 spiro atoms. The number of nitrogens with one attached hydrogen (secondary N) is 1. The van der Waals surface area contributed by atoms with E-state index in [1.54, 1.807) is 13.8 Å². The van der Waals surface area contributed by atoms with Crippen molar-refractivity contribution < 1.29 is 8.42 Å². The Kier molecular flexibility index (Phi) is 8.22. The van der Waals surface area contributed by atoms with Crippen molar-refractivity contribution in [3.05, 3.63) is 35.9 Å². The lowest BCUT2D eigenvalue weighted by molar-refractivity contribution is 0.354. The van der Waals surface area contributed by atoms with Gasteiger partial charge in [0.1, 0.15) is 6.54 Å². The van der Waals surface area contributed by atoms with Gasteiger partial charge in [-0.05, 0) is 32.9 Å². The van der Waals surface area contributed by atoms with Crippen molar-refractivity contribution in [2.24, 2.45) is 4.99 Å². The predicted octanol–water partition coefficient (Wildman–Crippen LogP) is 2.13. The maximum atomic E-state index is 12.1. The van der Waals surface area contributed by atoms with Gasteiger partial charge in [-0.2, -0.15) is 0 Å². The lowest BCUT2D eigenvalue weighted by Crippen LogP contribution is -2.57. The predicted molar refractivity (Wildman–Crippen MR) is 114 cm³/mol. The van der Waals surface area contributed by atoms with Gasteiger partial charge in [-0.3, -0.25) is 0 Å². The Labute approximate surface area is 168 Å². The minimum absolute atomic E-state index is 0. The fourth-order valence-electron chi connectivity index (χ4n) is 2.53. The maximum absolute atomic E-state index is 12.1. The number of guanidine groups is 1. The summed E-state index contributed by atoms with van der Waals surface area (Å²) in [4.78, 5) is 6.54. The molecule has 138 valence electrons. The quantitative estimate of drug-likeness (QED) is 0.308. The lowest BCUT2D eigenvalue weighted by atomic mass is 10.2. The summed E-state index contributed by atoms with van der Waals surface area (Å²) in [6.45, 7) is 7.55. The fourth-order valence-corrected chi connectivity index (χ4v) is 3.89. The molecule has 0 aromatic heterocycles. The van der Waals surface area contributed by atoms with E-state index in [9.17, 15) is 8.42 Å². The molecular formula is C18H26IN3O2S. The topological polar surface area (TPSA) is 61.8 Å². The number of hydrogen-bond acceptors (Lipinski definition) is 3. The third-order valence-corrected chi connectivity index (χ3v) is 6.53. The highest BCUT2D eigenvalue weighted by Crippen LogP contribution is 2.23. The van der Waals surface area contributed by atoms with Gasteiger partial charge in [0.15, 0.2) is 15.8 Å². The van der Waals surface area contributed by atoms with Crippen LogP contribution in [0.1, 0.15) is 26.3 Å². The Hall–Kier alpha value is -1.27. The average Bonchev–Trinajstić information content (AvgIpc) is 2.54. The van der Waals surface area contributed by atoms with E-state index in [1.807, 2.05) is 42.2 Å². The van der Waals surface area contributed by atoms with Crippen LogP contribution in [-0.2, 0) is 9.84 Å². The van der Waals surface area contributed by atoms with Crippen LogP contribution in [0.4, 0.5) is 0 Å². The number of benzene rings is 1. The van der Waals surface area contributed by atoms with Crippen LogP contribution in [0, 0.1) is 11.8 Å². The Balaban J connectivity index is 0.00000312. The molecule has 0 aliphatic carbocycles. The third kappa shape index (κ3) is 5.89. The van der Waals surface area contributed by atoms with Crippen LogP contribution < -0.4 is 5.32 Å². The molecule has 7 heteroatoms. The zero-order valence-electron chi connectivity index (χ0n) is 14.9. The summed E-state index contributed by atoms with van der Waals surface area (Å²) in [5.41, 5.74) is 0.961. The Bertz CT molecular complexity index is 750. The molecule has 1 aliphatic heterocycles. The van der Waals surface area contributed by atoms with Crippen LogP contribution in [0.15, 0.2) is 35.3 Å². The molecule has 1 aliphatic rings. The molecule has 0 amide bonds. The molecule has 0 bridgehead atoms. The van der Waals surface area contributed by atoms with Crippen LogP contribution in [0.25, 0.3) is 0 Å². The SMILES string of the molecule is CCNC(=NCC#Cc1ccccc1)N1CCS(=O)(=O)C(C)(C)C1.I. The van der Waals surface area contributed by atoms with Crippen molar-refractivity contribution in [2.45, 2.75) is 25.5 Å². The highest BCUT2D eigenvalue weighted by Gasteiger charge is 2.40. The lowest BCUT2D eigenvalue weighted by Gasteiger charge is -2.39. The zero-order valence-corrected chi connectivity index (χ0v) is 18.1. The van der Waals surface area contributed by atoms with Crippen LogP contribution >= 0.6 is 24.0 Å². The molecule has 1 fully saturated rings. The van der Waals surface area contributed by atoms with E-state index in [0.717, 1.165) is 18.1 Å². The van der Waals surface area contributed by atoms with Crippen LogP contribution in [0.2, 0.25) is 0 Å². The smallest absolute Gasteiger partial charge is 0.194 e. The Morgan fingerprint density at radius 1 is 1.32 bits per heavy atom. The first kappa shape index (κ1) is 21.8. The van der Waals surface area contributed by atoms with Gasteiger partial charge in [-0.25, -0.2) is 13.4 Å².